The van der Waals surface area contributed by atoms with Crippen LogP contribution < -0.4 is 5.32 Å². The fourth-order valence-corrected chi connectivity index (χ4v) is 2.12. The zero-order valence-corrected chi connectivity index (χ0v) is 12.6. The maximum absolute atomic E-state index is 11.9. The normalized spacial score (nSPS) is 12.7. The van der Waals surface area contributed by atoms with Crippen molar-refractivity contribution >= 4 is 6.09 Å². The summed E-state index contributed by atoms with van der Waals surface area (Å²) in [6.07, 6.45) is -1.63. The zero-order chi connectivity index (χ0) is 16.5. The predicted molar refractivity (Wildman–Crippen MR) is 85.3 cm³/mol. The van der Waals surface area contributed by atoms with E-state index in [0.29, 0.717) is 6.42 Å². The molecule has 0 radical (unpaired) electrons. The molecule has 118 valence electrons. The van der Waals surface area contributed by atoms with Crippen LogP contribution in [-0.4, -0.2) is 23.3 Å². The number of nitrogens with zero attached hydrogens (tertiary/aromatic N) is 1. The van der Waals surface area contributed by atoms with Gasteiger partial charge in [-0.25, -0.2) is 4.79 Å². The lowest BCUT2D eigenvalue weighted by Gasteiger charge is -2.19. The number of alkyl carbamates (subject to hydrolysis) is 1. The molecule has 0 aromatic heterocycles. The van der Waals surface area contributed by atoms with Crippen LogP contribution in [0, 0.1) is 11.3 Å². The van der Waals surface area contributed by atoms with Gasteiger partial charge in [-0.1, -0.05) is 60.7 Å². The van der Waals surface area contributed by atoms with E-state index in [2.05, 4.69) is 5.32 Å². The van der Waals surface area contributed by atoms with Gasteiger partial charge >= 0.3 is 6.09 Å². The molecule has 5 heteroatoms. The van der Waals surface area contributed by atoms with Crippen LogP contribution >= 0.6 is 0 Å². The van der Waals surface area contributed by atoms with E-state index in [1.165, 1.54) is 0 Å². The number of hydrogen-bond acceptors (Lipinski definition) is 4. The molecule has 0 spiro atoms. The first-order valence-electron chi connectivity index (χ1n) is 7.28. The second-order valence-corrected chi connectivity index (χ2v) is 5.08. The summed E-state index contributed by atoms with van der Waals surface area (Å²) < 4.78 is 5.12. The maximum Gasteiger partial charge on any atom is 0.407 e. The first-order chi connectivity index (χ1) is 11.2. The Balaban J connectivity index is 1.92. The number of rotatable bonds is 6. The third-order valence-electron chi connectivity index (χ3n) is 3.33. The van der Waals surface area contributed by atoms with Crippen LogP contribution in [0.1, 0.15) is 11.1 Å². The SMILES string of the molecule is N#CC(O)C(Cc1ccccc1)NC(=O)OCc1ccccc1. The van der Waals surface area contributed by atoms with Gasteiger partial charge < -0.3 is 15.2 Å². The van der Waals surface area contributed by atoms with Crippen molar-refractivity contribution in [3.8, 4) is 6.07 Å². The van der Waals surface area contributed by atoms with Crippen molar-refractivity contribution in [3.63, 3.8) is 0 Å². The van der Waals surface area contributed by atoms with Crippen LogP contribution in [0.5, 0.6) is 0 Å². The van der Waals surface area contributed by atoms with Crippen molar-refractivity contribution in [2.75, 3.05) is 0 Å². The van der Waals surface area contributed by atoms with Gasteiger partial charge in [0.2, 0.25) is 0 Å². The number of benzene rings is 2. The molecule has 2 aromatic rings. The molecule has 0 heterocycles. The van der Waals surface area contributed by atoms with E-state index in [0.717, 1.165) is 11.1 Å². The van der Waals surface area contributed by atoms with Crippen molar-refractivity contribution in [3.05, 3.63) is 71.8 Å². The summed E-state index contributed by atoms with van der Waals surface area (Å²) in [6, 6.07) is 19.6. The lowest BCUT2D eigenvalue weighted by Crippen LogP contribution is -2.44. The van der Waals surface area contributed by atoms with Crippen LogP contribution in [0.25, 0.3) is 0 Å². The number of ether oxygens (including phenoxy) is 1. The van der Waals surface area contributed by atoms with Crippen LogP contribution in [0.4, 0.5) is 4.79 Å². The Bertz CT molecular complexity index is 653. The molecule has 0 aliphatic rings. The monoisotopic (exact) mass is 310 g/mol. The second kappa shape index (κ2) is 8.57. The van der Waals surface area contributed by atoms with Gasteiger partial charge in [-0.15, -0.1) is 0 Å². The van der Waals surface area contributed by atoms with Gasteiger partial charge in [0.1, 0.15) is 6.61 Å². The Morgan fingerprint density at radius 2 is 1.65 bits per heavy atom. The van der Waals surface area contributed by atoms with Crippen molar-refractivity contribution in [1.29, 1.82) is 5.26 Å². The van der Waals surface area contributed by atoms with Crippen LogP contribution in [0.2, 0.25) is 0 Å². The van der Waals surface area contributed by atoms with E-state index in [9.17, 15) is 9.90 Å². The van der Waals surface area contributed by atoms with Crippen molar-refractivity contribution in [1.82, 2.24) is 5.32 Å². The molecule has 0 saturated heterocycles. The predicted octanol–water partition coefficient (Wildman–Crippen LogP) is 2.41. The minimum atomic E-state index is -1.31. The van der Waals surface area contributed by atoms with Gasteiger partial charge in [0, 0.05) is 0 Å². The standard InChI is InChI=1S/C18H18N2O3/c19-12-17(21)16(11-14-7-3-1-4-8-14)20-18(22)23-13-15-9-5-2-6-10-15/h1-10,16-17,21H,11,13H2,(H,20,22). The molecule has 0 bridgehead atoms. The Labute approximate surface area is 135 Å². The summed E-state index contributed by atoms with van der Waals surface area (Å²) in [5.41, 5.74) is 1.78. The van der Waals surface area contributed by atoms with Crippen LogP contribution in [0.15, 0.2) is 60.7 Å². The second-order valence-electron chi connectivity index (χ2n) is 5.08. The number of amides is 1. The highest BCUT2D eigenvalue weighted by Crippen LogP contribution is 2.07. The van der Waals surface area contributed by atoms with E-state index >= 15 is 0 Å². The molecule has 0 fully saturated rings. The zero-order valence-electron chi connectivity index (χ0n) is 12.6. The third-order valence-corrected chi connectivity index (χ3v) is 3.33. The summed E-state index contributed by atoms with van der Waals surface area (Å²) >= 11 is 0. The van der Waals surface area contributed by atoms with Gasteiger partial charge in [-0.2, -0.15) is 5.26 Å². The van der Waals surface area contributed by atoms with Gasteiger partial charge in [-0.05, 0) is 17.5 Å². The Morgan fingerprint density at radius 1 is 1.09 bits per heavy atom. The number of nitrogens with one attached hydrogen (secondary N) is 1. The molecule has 0 saturated carbocycles. The van der Waals surface area contributed by atoms with Crippen molar-refractivity contribution in [2.45, 2.75) is 25.2 Å². The fraction of sp³-hybridized carbons (Fsp3) is 0.222. The Morgan fingerprint density at radius 3 is 2.22 bits per heavy atom. The topological polar surface area (TPSA) is 82.4 Å². The number of aliphatic hydroxyl groups excluding tert-OH is 1. The molecule has 2 aromatic carbocycles. The lowest BCUT2D eigenvalue weighted by atomic mass is 10.0. The molecule has 2 N–H and O–H groups in total. The molecule has 2 rings (SSSR count). The number of hydrogen-bond donors (Lipinski definition) is 2. The summed E-state index contributed by atoms with van der Waals surface area (Å²) in [5.74, 6) is 0. The molecule has 1 amide bonds. The van der Waals surface area contributed by atoms with Crippen LogP contribution in [-0.2, 0) is 17.8 Å². The summed E-state index contributed by atoms with van der Waals surface area (Å²) in [7, 11) is 0. The number of carbonyl (C=O) groups is 1. The maximum atomic E-state index is 11.9. The van der Waals surface area contributed by atoms with E-state index in [1.807, 2.05) is 60.7 Å². The molecule has 0 aliphatic carbocycles. The van der Waals surface area contributed by atoms with E-state index in [-0.39, 0.29) is 6.61 Å². The smallest absolute Gasteiger partial charge is 0.407 e. The molecular weight excluding hydrogens is 292 g/mol. The van der Waals surface area contributed by atoms with Crippen molar-refractivity contribution in [2.24, 2.45) is 0 Å². The first kappa shape index (κ1) is 16.5. The molecule has 2 atom stereocenters. The van der Waals surface area contributed by atoms with Crippen molar-refractivity contribution < 1.29 is 14.6 Å². The van der Waals surface area contributed by atoms with Gasteiger partial charge in [0.15, 0.2) is 6.10 Å². The summed E-state index contributed by atoms with van der Waals surface area (Å²) in [5, 5.41) is 21.2. The van der Waals surface area contributed by atoms with Gasteiger partial charge in [-0.3, -0.25) is 0 Å². The molecular formula is C18H18N2O3. The average Bonchev–Trinajstić information content (AvgIpc) is 2.60. The highest BCUT2D eigenvalue weighted by atomic mass is 16.5. The quantitative estimate of drug-likeness (QED) is 0.803. The number of aliphatic hydroxyl groups is 1. The van der Waals surface area contributed by atoms with Gasteiger partial charge in [0.05, 0.1) is 12.1 Å². The first-order valence-corrected chi connectivity index (χ1v) is 7.28. The number of carbonyl (C=O) groups excluding carboxylic acids is 1. The van der Waals surface area contributed by atoms with E-state index in [4.69, 9.17) is 10.00 Å². The molecule has 23 heavy (non-hydrogen) atoms. The van der Waals surface area contributed by atoms with Gasteiger partial charge in [0.25, 0.3) is 0 Å². The van der Waals surface area contributed by atoms with E-state index < -0.39 is 18.2 Å². The minimum absolute atomic E-state index is 0.132. The summed E-state index contributed by atoms with van der Waals surface area (Å²) in [6.45, 7) is 0.132. The molecule has 5 nitrogen and oxygen atoms in total. The lowest BCUT2D eigenvalue weighted by molar-refractivity contribution is 0.119. The highest BCUT2D eigenvalue weighted by Gasteiger charge is 2.22. The molecule has 0 aliphatic heterocycles. The van der Waals surface area contributed by atoms with Crippen LogP contribution in [0.3, 0.4) is 0 Å². The fourth-order valence-electron chi connectivity index (χ4n) is 2.12. The third kappa shape index (κ3) is 5.46. The average molecular weight is 310 g/mol. The summed E-state index contributed by atoms with van der Waals surface area (Å²) in [4.78, 5) is 11.9. The minimum Gasteiger partial charge on any atom is -0.445 e. The largest absolute Gasteiger partial charge is 0.445 e. The molecule has 2 unspecified atom stereocenters. The van der Waals surface area contributed by atoms with E-state index in [1.54, 1.807) is 6.07 Å². The Kier molecular flexibility index (Phi) is 6.16. The number of nitriles is 1. The highest BCUT2D eigenvalue weighted by molar-refractivity contribution is 5.67. The Hall–Kier alpha value is -2.84.